The van der Waals surface area contributed by atoms with E-state index in [4.69, 9.17) is 4.74 Å². The SMILES string of the molecule is C=C=C(OC)[B-]1(CCCCCC)C2CCCC1CCC2.[Li+]. The predicted octanol–water partition coefficient (Wildman–Crippen LogP) is 2.98. The van der Waals surface area contributed by atoms with Gasteiger partial charge in [0.05, 0.1) is 13.3 Å². The van der Waals surface area contributed by atoms with Crippen molar-refractivity contribution in [3.05, 3.63) is 18.0 Å². The largest absolute Gasteiger partial charge is 1.00 e. The molecule has 2 aliphatic heterocycles. The molecule has 0 N–H and O–H groups in total. The van der Waals surface area contributed by atoms with Crippen molar-refractivity contribution in [2.24, 2.45) is 0 Å². The predicted molar refractivity (Wildman–Crippen MR) is 89.6 cm³/mol. The standard InChI is InChI=1S/C18H32BO.Li/c1-4-6-7-8-15-19(18(5-2)20-3)16-11-9-12-17(19)14-10-13-16;/h16-17H,2,4,6-15H2,1,3H3;/q-1;+1. The molecule has 2 bridgehead atoms. The summed E-state index contributed by atoms with van der Waals surface area (Å²) in [7, 11) is 1.84. The monoisotopic (exact) mass is 282 g/mol. The Labute approximate surface area is 144 Å². The van der Waals surface area contributed by atoms with Crippen LogP contribution >= 0.6 is 0 Å². The quantitative estimate of drug-likeness (QED) is 0.302. The van der Waals surface area contributed by atoms with Crippen molar-refractivity contribution in [1.29, 1.82) is 0 Å². The van der Waals surface area contributed by atoms with E-state index in [9.17, 15) is 0 Å². The second-order valence-corrected chi connectivity index (χ2v) is 7.18. The van der Waals surface area contributed by atoms with Crippen LogP contribution in [0.3, 0.4) is 0 Å². The Bertz CT molecular complexity index is 340. The van der Waals surface area contributed by atoms with Crippen LogP contribution in [-0.4, -0.2) is 13.3 Å². The van der Waals surface area contributed by atoms with Crippen molar-refractivity contribution in [2.45, 2.75) is 89.1 Å². The first-order chi connectivity index (χ1) is 9.79. The van der Waals surface area contributed by atoms with Crippen LogP contribution in [-0.2, 0) is 4.74 Å². The molecule has 0 aliphatic carbocycles. The van der Waals surface area contributed by atoms with Gasteiger partial charge in [0.1, 0.15) is 0 Å². The summed E-state index contributed by atoms with van der Waals surface area (Å²) in [6, 6.07) is 0. The van der Waals surface area contributed by atoms with Crippen LogP contribution < -0.4 is 18.9 Å². The van der Waals surface area contributed by atoms with Crippen LogP contribution in [0.1, 0.15) is 71.1 Å². The van der Waals surface area contributed by atoms with Gasteiger partial charge in [-0.3, -0.25) is 0 Å². The Kier molecular flexibility index (Phi) is 8.33. The van der Waals surface area contributed by atoms with Crippen LogP contribution in [0.4, 0.5) is 0 Å². The van der Waals surface area contributed by atoms with E-state index in [0.29, 0.717) is 0 Å². The number of ether oxygens (including phenoxy) is 1. The minimum Gasteiger partial charge on any atom is -0.535 e. The Balaban J connectivity index is 0.00000220. The molecule has 0 atom stereocenters. The molecular formula is C18H32BLiO. The third-order valence-corrected chi connectivity index (χ3v) is 6.40. The molecule has 0 saturated carbocycles. The van der Waals surface area contributed by atoms with Gasteiger partial charge in [-0.05, 0) is 5.66 Å². The Morgan fingerprint density at radius 2 is 1.67 bits per heavy atom. The van der Waals surface area contributed by atoms with Crippen molar-refractivity contribution >= 4 is 6.15 Å². The second-order valence-electron chi connectivity index (χ2n) is 7.18. The smallest absolute Gasteiger partial charge is 0.535 e. The summed E-state index contributed by atoms with van der Waals surface area (Å²) >= 11 is 0. The Hall–Kier alpha value is -0.0177. The van der Waals surface area contributed by atoms with Gasteiger partial charge >= 0.3 is 18.9 Å². The summed E-state index contributed by atoms with van der Waals surface area (Å²) in [5.74, 6) is 1.77. The van der Waals surface area contributed by atoms with Crippen molar-refractivity contribution < 1.29 is 23.6 Å². The van der Waals surface area contributed by atoms with E-state index in [1.165, 1.54) is 70.5 Å². The molecule has 0 unspecified atom stereocenters. The van der Waals surface area contributed by atoms with E-state index in [-0.39, 0.29) is 18.9 Å². The molecule has 3 heteroatoms. The molecule has 1 nitrogen and oxygen atoms in total. The summed E-state index contributed by atoms with van der Waals surface area (Å²) in [6.45, 7) is 6.24. The number of hydrogen-bond donors (Lipinski definition) is 0. The van der Waals surface area contributed by atoms with Gasteiger partial charge in [0.15, 0.2) is 0 Å². The first-order valence-corrected chi connectivity index (χ1v) is 8.92. The molecular weight excluding hydrogens is 250 g/mol. The maximum Gasteiger partial charge on any atom is 1.00 e. The fourth-order valence-electron chi connectivity index (χ4n) is 5.57. The third kappa shape index (κ3) is 3.85. The molecule has 0 aromatic heterocycles. The van der Waals surface area contributed by atoms with Crippen molar-refractivity contribution in [3.63, 3.8) is 0 Å². The van der Waals surface area contributed by atoms with Gasteiger partial charge in [-0.25, -0.2) is 0 Å². The van der Waals surface area contributed by atoms with Crippen LogP contribution in [0.2, 0.25) is 18.0 Å². The fraction of sp³-hybridized carbons (Fsp3) is 0.833. The zero-order valence-corrected chi connectivity index (χ0v) is 14.6. The van der Waals surface area contributed by atoms with E-state index < -0.39 is 6.15 Å². The van der Waals surface area contributed by atoms with Crippen LogP contribution in [0.25, 0.3) is 0 Å². The molecule has 0 amide bonds. The molecule has 0 spiro atoms. The number of unbranched alkanes of at least 4 members (excludes halogenated alkanes) is 3. The van der Waals surface area contributed by atoms with Crippen LogP contribution in [0, 0.1) is 0 Å². The minimum absolute atomic E-state index is 0. The Morgan fingerprint density at radius 1 is 1.10 bits per heavy atom. The van der Waals surface area contributed by atoms with Crippen LogP contribution in [0.15, 0.2) is 18.0 Å². The summed E-state index contributed by atoms with van der Waals surface area (Å²) in [5, 5.41) is 0. The summed E-state index contributed by atoms with van der Waals surface area (Å²) in [6.07, 6.45) is 14.8. The molecule has 0 aromatic rings. The minimum atomic E-state index is -0.516. The molecule has 0 radical (unpaired) electrons. The van der Waals surface area contributed by atoms with E-state index >= 15 is 0 Å². The molecule has 21 heavy (non-hydrogen) atoms. The first-order valence-electron chi connectivity index (χ1n) is 8.92. The van der Waals surface area contributed by atoms with Gasteiger partial charge < -0.3 is 4.74 Å². The molecule has 2 fully saturated rings. The molecule has 2 saturated heterocycles. The van der Waals surface area contributed by atoms with Crippen molar-refractivity contribution in [3.8, 4) is 0 Å². The number of rotatable bonds is 7. The van der Waals surface area contributed by atoms with Gasteiger partial charge in [0.2, 0.25) is 0 Å². The van der Waals surface area contributed by atoms with Crippen LogP contribution in [0.5, 0.6) is 0 Å². The van der Waals surface area contributed by atoms with E-state index in [1.54, 1.807) is 0 Å². The van der Waals surface area contributed by atoms with E-state index in [0.717, 1.165) is 17.3 Å². The summed E-state index contributed by atoms with van der Waals surface area (Å²) in [5.41, 5.74) is 4.35. The molecule has 2 rings (SSSR count). The van der Waals surface area contributed by atoms with Gasteiger partial charge in [0, 0.05) is 0 Å². The van der Waals surface area contributed by atoms with Crippen molar-refractivity contribution in [1.82, 2.24) is 0 Å². The average Bonchev–Trinajstić information content (AvgIpc) is 2.44. The van der Waals surface area contributed by atoms with Gasteiger partial charge in [-0.1, -0.05) is 77.7 Å². The number of hydrogen-bond acceptors (Lipinski definition) is 1. The first kappa shape index (κ1) is 19.0. The second kappa shape index (κ2) is 9.20. The van der Waals surface area contributed by atoms with Gasteiger partial charge in [-0.15, -0.1) is 5.73 Å². The molecule has 114 valence electrons. The third-order valence-electron chi connectivity index (χ3n) is 6.40. The van der Waals surface area contributed by atoms with E-state index in [1.807, 2.05) is 7.11 Å². The number of methoxy groups -OCH3 is 1. The average molecular weight is 282 g/mol. The van der Waals surface area contributed by atoms with Gasteiger partial charge in [-0.2, -0.15) is 18.0 Å². The zero-order valence-electron chi connectivity index (χ0n) is 14.6. The summed E-state index contributed by atoms with van der Waals surface area (Å²) < 4.78 is 5.81. The molecule has 0 aromatic carbocycles. The maximum atomic E-state index is 5.81. The number of fused-ring (bicyclic) bond motifs is 2. The zero-order chi connectivity index (χ0) is 14.4. The fourth-order valence-corrected chi connectivity index (χ4v) is 5.57. The Morgan fingerprint density at radius 3 is 2.10 bits per heavy atom. The molecule has 2 aliphatic rings. The van der Waals surface area contributed by atoms with E-state index in [2.05, 4.69) is 19.2 Å². The van der Waals surface area contributed by atoms with Crippen molar-refractivity contribution in [2.75, 3.05) is 7.11 Å². The topological polar surface area (TPSA) is 9.23 Å². The van der Waals surface area contributed by atoms with Gasteiger partial charge in [0.25, 0.3) is 0 Å². The summed E-state index contributed by atoms with van der Waals surface area (Å²) in [4.78, 5) is 0. The maximum absolute atomic E-state index is 5.81. The molecule has 2 heterocycles. The normalized spacial score (nSPS) is 31.0.